The number of carbonyl (C=O) groups excluding carboxylic acids is 1. The molecule has 1 aromatic carbocycles. The van der Waals surface area contributed by atoms with Gasteiger partial charge in [-0.15, -0.1) is 0 Å². The zero-order chi connectivity index (χ0) is 13.9. The fourth-order valence-corrected chi connectivity index (χ4v) is 2.25. The SMILES string of the molecule is Cn1ccnc1-c1cccc(NC(=O)c2cnsn2)c1. The highest BCUT2D eigenvalue weighted by atomic mass is 32.1. The van der Waals surface area contributed by atoms with E-state index in [4.69, 9.17) is 0 Å². The molecule has 0 aliphatic heterocycles. The Bertz CT molecular complexity index is 735. The van der Waals surface area contributed by atoms with Crippen molar-refractivity contribution in [2.75, 3.05) is 5.32 Å². The number of imidazole rings is 1. The molecule has 0 unspecified atom stereocenters. The zero-order valence-corrected chi connectivity index (χ0v) is 11.5. The number of hydrogen-bond acceptors (Lipinski definition) is 5. The van der Waals surface area contributed by atoms with Gasteiger partial charge in [-0.05, 0) is 12.1 Å². The Hall–Kier alpha value is -2.54. The summed E-state index contributed by atoms with van der Waals surface area (Å²) in [6.07, 6.45) is 5.06. The van der Waals surface area contributed by atoms with Gasteiger partial charge in [0.25, 0.3) is 5.91 Å². The lowest BCUT2D eigenvalue weighted by Gasteiger charge is -2.06. The van der Waals surface area contributed by atoms with Crippen LogP contribution >= 0.6 is 11.7 Å². The van der Waals surface area contributed by atoms with Gasteiger partial charge >= 0.3 is 0 Å². The number of nitrogens with zero attached hydrogens (tertiary/aromatic N) is 4. The molecule has 6 nitrogen and oxygen atoms in total. The summed E-state index contributed by atoms with van der Waals surface area (Å²) in [7, 11) is 1.93. The van der Waals surface area contributed by atoms with Gasteiger partial charge in [0.1, 0.15) is 5.82 Å². The molecule has 2 heterocycles. The van der Waals surface area contributed by atoms with Gasteiger partial charge < -0.3 is 9.88 Å². The molecule has 3 aromatic rings. The van der Waals surface area contributed by atoms with Crippen molar-refractivity contribution in [1.29, 1.82) is 0 Å². The molecule has 0 aliphatic carbocycles. The second-order valence-electron chi connectivity index (χ2n) is 4.19. The predicted molar refractivity (Wildman–Crippen MR) is 76.5 cm³/mol. The zero-order valence-electron chi connectivity index (χ0n) is 10.6. The summed E-state index contributed by atoms with van der Waals surface area (Å²) in [5.74, 6) is 0.576. The number of carbonyl (C=O) groups is 1. The molecule has 20 heavy (non-hydrogen) atoms. The first-order valence-electron chi connectivity index (χ1n) is 5.91. The van der Waals surface area contributed by atoms with Crippen LogP contribution in [0.25, 0.3) is 11.4 Å². The normalized spacial score (nSPS) is 10.4. The summed E-state index contributed by atoms with van der Waals surface area (Å²) in [6, 6.07) is 7.52. The van der Waals surface area contributed by atoms with E-state index in [9.17, 15) is 4.79 Å². The van der Waals surface area contributed by atoms with Crippen LogP contribution in [-0.2, 0) is 7.05 Å². The molecule has 0 radical (unpaired) electrons. The van der Waals surface area contributed by atoms with Gasteiger partial charge in [0.2, 0.25) is 0 Å². The van der Waals surface area contributed by atoms with E-state index in [1.165, 1.54) is 6.20 Å². The average molecular weight is 285 g/mol. The molecule has 0 saturated heterocycles. The Morgan fingerprint density at radius 2 is 2.30 bits per heavy atom. The average Bonchev–Trinajstić information content (AvgIpc) is 3.10. The molecule has 7 heteroatoms. The van der Waals surface area contributed by atoms with E-state index in [1.807, 2.05) is 42.1 Å². The number of anilines is 1. The first-order chi connectivity index (χ1) is 9.74. The molecule has 0 spiro atoms. The third kappa shape index (κ3) is 2.43. The topological polar surface area (TPSA) is 72.7 Å². The van der Waals surface area contributed by atoms with Crippen molar-refractivity contribution in [2.45, 2.75) is 0 Å². The van der Waals surface area contributed by atoms with E-state index >= 15 is 0 Å². The lowest BCUT2D eigenvalue weighted by atomic mass is 10.2. The molecule has 3 rings (SSSR count). The minimum atomic E-state index is -0.268. The summed E-state index contributed by atoms with van der Waals surface area (Å²) in [5, 5.41) is 2.79. The quantitative estimate of drug-likeness (QED) is 0.800. The lowest BCUT2D eigenvalue weighted by molar-refractivity contribution is 0.102. The summed E-state index contributed by atoms with van der Waals surface area (Å²) < 4.78 is 9.63. The van der Waals surface area contributed by atoms with Gasteiger partial charge in [-0.25, -0.2) is 4.98 Å². The van der Waals surface area contributed by atoms with Crippen LogP contribution in [0.1, 0.15) is 10.5 Å². The highest BCUT2D eigenvalue weighted by Gasteiger charge is 2.10. The van der Waals surface area contributed by atoms with Crippen LogP contribution in [0.3, 0.4) is 0 Å². The maximum Gasteiger partial charge on any atom is 0.277 e. The number of rotatable bonds is 3. The van der Waals surface area contributed by atoms with E-state index < -0.39 is 0 Å². The van der Waals surface area contributed by atoms with Crippen LogP contribution in [0, 0.1) is 0 Å². The minimum absolute atomic E-state index is 0.268. The Morgan fingerprint density at radius 1 is 1.40 bits per heavy atom. The maximum atomic E-state index is 11.9. The number of hydrogen-bond donors (Lipinski definition) is 1. The molecule has 1 N–H and O–H groups in total. The van der Waals surface area contributed by atoms with Gasteiger partial charge in [-0.2, -0.15) is 8.75 Å². The summed E-state index contributed by atoms with van der Waals surface area (Å²) in [5.41, 5.74) is 1.95. The van der Waals surface area contributed by atoms with Gasteiger partial charge in [0.15, 0.2) is 5.69 Å². The van der Waals surface area contributed by atoms with Gasteiger partial charge in [-0.3, -0.25) is 4.79 Å². The van der Waals surface area contributed by atoms with Crippen molar-refractivity contribution < 1.29 is 4.79 Å². The van der Waals surface area contributed by atoms with Crippen molar-refractivity contribution in [3.63, 3.8) is 0 Å². The monoisotopic (exact) mass is 285 g/mol. The predicted octanol–water partition coefficient (Wildman–Crippen LogP) is 2.19. The van der Waals surface area contributed by atoms with E-state index in [0.29, 0.717) is 11.4 Å². The summed E-state index contributed by atoms with van der Waals surface area (Å²) in [6.45, 7) is 0. The van der Waals surface area contributed by atoms with Crippen LogP contribution in [0.5, 0.6) is 0 Å². The lowest BCUT2D eigenvalue weighted by Crippen LogP contribution is -2.12. The number of amides is 1. The van der Waals surface area contributed by atoms with Crippen LogP contribution in [0.15, 0.2) is 42.9 Å². The fraction of sp³-hybridized carbons (Fsp3) is 0.0769. The molecule has 0 saturated carbocycles. The van der Waals surface area contributed by atoms with Crippen LogP contribution in [-0.4, -0.2) is 24.2 Å². The number of nitrogens with one attached hydrogen (secondary N) is 1. The molecule has 0 atom stereocenters. The van der Waals surface area contributed by atoms with Gasteiger partial charge in [0.05, 0.1) is 17.9 Å². The van der Waals surface area contributed by atoms with Crippen LogP contribution in [0.2, 0.25) is 0 Å². The second kappa shape index (κ2) is 5.22. The highest BCUT2D eigenvalue weighted by molar-refractivity contribution is 6.99. The van der Waals surface area contributed by atoms with Crippen LogP contribution in [0.4, 0.5) is 5.69 Å². The highest BCUT2D eigenvalue weighted by Crippen LogP contribution is 2.20. The number of aryl methyl sites for hydroxylation is 1. The van der Waals surface area contributed by atoms with Crippen molar-refractivity contribution >= 4 is 23.3 Å². The van der Waals surface area contributed by atoms with Gasteiger partial charge in [-0.1, -0.05) is 12.1 Å². The van der Waals surface area contributed by atoms with E-state index in [2.05, 4.69) is 19.0 Å². The standard InChI is InChI=1S/C13H11N5OS/c1-18-6-5-14-12(18)9-3-2-4-10(7-9)16-13(19)11-8-15-20-17-11/h2-8H,1H3,(H,16,19). The Balaban J connectivity index is 1.85. The summed E-state index contributed by atoms with van der Waals surface area (Å²) in [4.78, 5) is 16.2. The van der Waals surface area contributed by atoms with E-state index in [-0.39, 0.29) is 5.91 Å². The van der Waals surface area contributed by atoms with Crippen LogP contribution < -0.4 is 5.32 Å². The Labute approximate surface area is 119 Å². The van der Waals surface area contributed by atoms with Gasteiger partial charge in [0, 0.05) is 30.7 Å². The van der Waals surface area contributed by atoms with Crippen molar-refractivity contribution in [3.05, 3.63) is 48.5 Å². The number of aromatic nitrogens is 4. The first kappa shape index (κ1) is 12.5. The third-order valence-corrected chi connectivity index (χ3v) is 3.27. The molecular formula is C13H11N5OS. The van der Waals surface area contributed by atoms with E-state index in [1.54, 1.807) is 6.20 Å². The van der Waals surface area contributed by atoms with Crippen molar-refractivity contribution in [2.24, 2.45) is 7.05 Å². The fourth-order valence-electron chi connectivity index (χ4n) is 1.84. The third-order valence-electron chi connectivity index (χ3n) is 2.79. The molecule has 1 amide bonds. The van der Waals surface area contributed by atoms with E-state index in [0.717, 1.165) is 23.1 Å². The first-order valence-corrected chi connectivity index (χ1v) is 6.64. The summed E-state index contributed by atoms with van der Waals surface area (Å²) >= 11 is 1.01. The Kier molecular flexibility index (Phi) is 3.26. The minimum Gasteiger partial charge on any atom is -0.334 e. The number of benzene rings is 1. The molecule has 2 aromatic heterocycles. The molecule has 100 valence electrons. The largest absolute Gasteiger partial charge is 0.334 e. The molecule has 0 fully saturated rings. The second-order valence-corrected chi connectivity index (χ2v) is 4.75. The van der Waals surface area contributed by atoms with Crippen molar-refractivity contribution in [1.82, 2.24) is 18.3 Å². The Morgan fingerprint density at radius 3 is 3.00 bits per heavy atom. The molecule has 0 aliphatic rings. The molecular weight excluding hydrogens is 274 g/mol. The molecule has 0 bridgehead atoms. The van der Waals surface area contributed by atoms with Crippen molar-refractivity contribution in [3.8, 4) is 11.4 Å². The smallest absolute Gasteiger partial charge is 0.277 e. The maximum absolute atomic E-state index is 11.9.